The Morgan fingerprint density at radius 3 is 1.59 bits per heavy atom. The van der Waals surface area contributed by atoms with Gasteiger partial charge in [-0.15, -0.1) is 0 Å². The fourth-order valence-corrected chi connectivity index (χ4v) is 6.11. The van der Waals surface area contributed by atoms with Crippen LogP contribution >= 0.6 is 0 Å². The summed E-state index contributed by atoms with van der Waals surface area (Å²) in [6.07, 6.45) is 24.1. The van der Waals surface area contributed by atoms with E-state index in [2.05, 4.69) is 139 Å². The first-order chi connectivity index (χ1) is 24.4. The Bertz CT molecular complexity index is 1170. The lowest BCUT2D eigenvalue weighted by Crippen LogP contribution is -2.08. The number of nitrogens with zero attached hydrogens (tertiary/aromatic N) is 3. The van der Waals surface area contributed by atoms with E-state index < -0.39 is 0 Å². The van der Waals surface area contributed by atoms with Crippen LogP contribution in [-0.4, -0.2) is 15.0 Å². The highest BCUT2D eigenvalue weighted by Gasteiger charge is 2.13. The highest BCUT2D eigenvalue weighted by Crippen LogP contribution is 2.28. The summed E-state index contributed by atoms with van der Waals surface area (Å²) in [4.78, 5) is 12.2. The molecule has 3 heteroatoms. The van der Waals surface area contributed by atoms with E-state index in [4.69, 9.17) is 0 Å². The molecule has 0 bridgehead atoms. The summed E-state index contributed by atoms with van der Waals surface area (Å²) in [6, 6.07) is 25.0. The third kappa shape index (κ3) is 28.0. The van der Waals surface area contributed by atoms with Crippen LogP contribution in [0.2, 0.25) is 0 Å². The normalized spacial score (nSPS) is 12.6. The van der Waals surface area contributed by atoms with Gasteiger partial charge in [-0.05, 0) is 121 Å². The first-order valence-corrected chi connectivity index (χ1v) is 20.2. The van der Waals surface area contributed by atoms with Crippen molar-refractivity contribution in [1.29, 1.82) is 0 Å². The van der Waals surface area contributed by atoms with Crippen LogP contribution < -0.4 is 0 Å². The van der Waals surface area contributed by atoms with Gasteiger partial charge < -0.3 is 0 Å². The van der Waals surface area contributed by atoms with Crippen LogP contribution in [0.4, 0.5) is 0 Å². The highest BCUT2D eigenvalue weighted by atomic mass is 14.7. The number of aryl methyl sites for hydroxylation is 1. The number of hydrogen-bond donors (Lipinski definition) is 0. The molecule has 1 saturated carbocycles. The third-order valence-electron chi connectivity index (χ3n) is 8.49. The van der Waals surface area contributed by atoms with E-state index >= 15 is 0 Å². The van der Waals surface area contributed by atoms with Crippen LogP contribution in [0.15, 0.2) is 104 Å². The Labute approximate surface area is 315 Å². The molecule has 1 aliphatic carbocycles. The van der Waals surface area contributed by atoms with Crippen LogP contribution in [0.5, 0.6) is 0 Å². The lowest BCUT2D eigenvalue weighted by molar-refractivity contribution is 0.305. The largest absolute Gasteiger partial charge is 0.265 e. The summed E-state index contributed by atoms with van der Waals surface area (Å²) in [6.45, 7) is 22.5. The zero-order valence-corrected chi connectivity index (χ0v) is 34.4. The van der Waals surface area contributed by atoms with Crippen molar-refractivity contribution in [1.82, 2.24) is 15.0 Å². The third-order valence-corrected chi connectivity index (χ3v) is 8.49. The molecule has 0 unspecified atom stereocenters. The number of benzene rings is 1. The molecule has 4 aromatic rings. The van der Waals surface area contributed by atoms with Gasteiger partial charge in [0.15, 0.2) is 0 Å². The van der Waals surface area contributed by atoms with Crippen molar-refractivity contribution in [2.24, 2.45) is 35.5 Å². The van der Waals surface area contributed by atoms with Crippen LogP contribution in [0, 0.1) is 35.5 Å². The minimum absolute atomic E-state index is 0.704. The molecule has 51 heavy (non-hydrogen) atoms. The molecule has 0 atom stereocenters. The van der Waals surface area contributed by atoms with E-state index in [1.807, 2.05) is 49.2 Å². The van der Waals surface area contributed by atoms with E-state index in [0.29, 0.717) is 5.92 Å². The lowest BCUT2D eigenvalue weighted by atomic mass is 9.84. The van der Waals surface area contributed by atoms with Gasteiger partial charge in [0.05, 0.1) is 0 Å². The predicted molar refractivity (Wildman–Crippen MR) is 224 cm³/mol. The molecule has 1 aliphatic rings. The SMILES string of the molecule is CC(C)CC1CCCCC1.CC(C)CCc1ccccc1.CC(C)Cc1ccccn1.CC(C)Cc1cccnc1.CC(C)Cc1ccncc1. The van der Waals surface area contributed by atoms with Gasteiger partial charge in [0.2, 0.25) is 0 Å². The molecule has 0 saturated heterocycles. The number of hydrogen-bond acceptors (Lipinski definition) is 3. The summed E-state index contributed by atoms with van der Waals surface area (Å²) in [7, 11) is 0. The van der Waals surface area contributed by atoms with Crippen LogP contribution in [0.25, 0.3) is 0 Å². The van der Waals surface area contributed by atoms with Crippen molar-refractivity contribution >= 4 is 0 Å². The standard InChI is InChI=1S/C11H16.C10H20.3C9H13N/c1-10(2)8-9-11-6-4-3-5-7-11;1-9(2)8-10-6-4-3-5-7-10;1-8(2)7-9-3-5-10-6-4-9;1-8(2)6-9-4-3-5-10-7-9;1-8(2)7-9-5-3-4-6-10-9/h3-7,10H,8-9H2,1-2H3;9-10H,3-8H2,1-2H3;3-6,8H,7H2,1-2H3;3-5,7-8H,6H2,1-2H3;3-6,8H,7H2,1-2H3. The number of rotatable bonds is 11. The first kappa shape index (κ1) is 45.7. The monoisotopic (exact) mass is 694 g/mol. The summed E-state index contributed by atoms with van der Waals surface area (Å²) < 4.78 is 0. The molecule has 0 spiro atoms. The molecule has 0 amide bonds. The Morgan fingerprint density at radius 1 is 0.490 bits per heavy atom. The molecule has 0 aliphatic heterocycles. The summed E-state index contributed by atoms with van der Waals surface area (Å²) in [5.41, 5.74) is 5.36. The average molecular weight is 694 g/mol. The maximum Gasteiger partial charge on any atom is 0.0406 e. The summed E-state index contributed by atoms with van der Waals surface area (Å²) in [5, 5.41) is 0. The molecular formula is C48H75N3. The van der Waals surface area contributed by atoms with Crippen molar-refractivity contribution in [3.8, 4) is 0 Å². The van der Waals surface area contributed by atoms with Crippen LogP contribution in [0.3, 0.4) is 0 Å². The second-order valence-electron chi connectivity index (χ2n) is 16.4. The second-order valence-corrected chi connectivity index (χ2v) is 16.4. The fourth-order valence-electron chi connectivity index (χ4n) is 6.11. The Balaban J connectivity index is 0.000000319. The minimum Gasteiger partial charge on any atom is -0.265 e. The molecule has 3 nitrogen and oxygen atoms in total. The Kier molecular flexibility index (Phi) is 26.2. The number of pyridine rings is 3. The molecule has 3 heterocycles. The van der Waals surface area contributed by atoms with Crippen molar-refractivity contribution in [3.63, 3.8) is 0 Å². The zero-order valence-electron chi connectivity index (χ0n) is 34.4. The summed E-state index contributed by atoms with van der Waals surface area (Å²) >= 11 is 0. The maximum atomic E-state index is 4.22. The van der Waals surface area contributed by atoms with Gasteiger partial charge in [0.1, 0.15) is 0 Å². The molecule has 282 valence electrons. The van der Waals surface area contributed by atoms with Gasteiger partial charge in [0.25, 0.3) is 0 Å². The first-order valence-electron chi connectivity index (χ1n) is 20.2. The molecule has 0 N–H and O–H groups in total. The molecule has 1 fully saturated rings. The van der Waals surface area contributed by atoms with Gasteiger partial charge >= 0.3 is 0 Å². The molecule has 5 rings (SSSR count). The topological polar surface area (TPSA) is 38.7 Å². The molecule has 3 aromatic heterocycles. The van der Waals surface area contributed by atoms with E-state index in [9.17, 15) is 0 Å². The Hall–Kier alpha value is -3.33. The van der Waals surface area contributed by atoms with Gasteiger partial charge in [-0.25, -0.2) is 0 Å². The smallest absolute Gasteiger partial charge is 0.0406 e. The number of aromatic nitrogens is 3. The van der Waals surface area contributed by atoms with E-state index in [1.54, 1.807) is 0 Å². The predicted octanol–water partition coefficient (Wildman–Crippen LogP) is 13.7. The summed E-state index contributed by atoms with van der Waals surface area (Å²) in [5.74, 6) is 4.98. The fraction of sp³-hybridized carbons (Fsp3) is 0.562. The van der Waals surface area contributed by atoms with Crippen molar-refractivity contribution in [2.75, 3.05) is 0 Å². The molecule has 1 aromatic carbocycles. The van der Waals surface area contributed by atoms with Crippen molar-refractivity contribution in [3.05, 3.63) is 126 Å². The zero-order chi connectivity index (χ0) is 37.7. The van der Waals surface area contributed by atoms with Crippen LogP contribution in [0.1, 0.15) is 137 Å². The quantitative estimate of drug-likeness (QED) is 0.157. The van der Waals surface area contributed by atoms with Crippen molar-refractivity contribution < 1.29 is 0 Å². The molecule has 0 radical (unpaired) electrons. The minimum atomic E-state index is 0.704. The maximum absolute atomic E-state index is 4.22. The van der Waals surface area contributed by atoms with Gasteiger partial charge in [0, 0.05) is 36.7 Å². The lowest BCUT2D eigenvalue weighted by Gasteiger charge is -2.22. The molecular weight excluding hydrogens is 619 g/mol. The van der Waals surface area contributed by atoms with Crippen LogP contribution in [-0.2, 0) is 25.7 Å². The van der Waals surface area contributed by atoms with E-state index in [1.165, 1.54) is 73.8 Å². The average Bonchev–Trinajstić information content (AvgIpc) is 3.10. The van der Waals surface area contributed by atoms with E-state index in [-0.39, 0.29) is 0 Å². The highest BCUT2D eigenvalue weighted by molar-refractivity contribution is 5.14. The Morgan fingerprint density at radius 2 is 1.08 bits per heavy atom. The van der Waals surface area contributed by atoms with Gasteiger partial charge in [-0.2, -0.15) is 0 Å². The second kappa shape index (κ2) is 29.3. The van der Waals surface area contributed by atoms with E-state index in [0.717, 1.165) is 48.9 Å². The van der Waals surface area contributed by atoms with Gasteiger partial charge in [-0.3, -0.25) is 15.0 Å². The van der Waals surface area contributed by atoms with Crippen molar-refractivity contribution in [2.45, 2.75) is 140 Å². The van der Waals surface area contributed by atoms with Gasteiger partial charge in [-0.1, -0.05) is 144 Å².